The molecule has 0 atom stereocenters. The van der Waals surface area contributed by atoms with Gasteiger partial charge in [0.25, 0.3) is 0 Å². The van der Waals surface area contributed by atoms with Crippen LogP contribution in [-0.2, 0) is 13.2 Å². The van der Waals surface area contributed by atoms with E-state index < -0.39 is 0 Å². The molecule has 0 unspecified atom stereocenters. The summed E-state index contributed by atoms with van der Waals surface area (Å²) in [5, 5.41) is 0. The number of benzene rings is 4. The predicted octanol–water partition coefficient (Wildman–Crippen LogP) is 7.92. The van der Waals surface area contributed by atoms with Crippen molar-refractivity contribution in [2.45, 2.75) is 23.0 Å². The minimum Gasteiger partial charge on any atom is -0.489 e. The molecule has 4 aromatic carbocycles. The first-order valence-corrected chi connectivity index (χ1v) is 12.1. The highest BCUT2D eigenvalue weighted by atomic mass is 33.1. The van der Waals surface area contributed by atoms with Crippen LogP contribution < -0.4 is 9.47 Å². The minimum absolute atomic E-state index is 0.250. The summed E-state index contributed by atoms with van der Waals surface area (Å²) in [4.78, 5) is 2.22. The number of halogens is 2. The fourth-order valence-electron chi connectivity index (χ4n) is 2.77. The smallest absolute Gasteiger partial charge is 0.123 e. The molecular weight excluding hydrogens is 446 g/mol. The SMILES string of the molecule is Fc1ccc(COc2ccc(SSc3ccc(OCc4ccc(F)cc4)cc3)cc2)cc1. The van der Waals surface area contributed by atoms with Gasteiger partial charge < -0.3 is 9.47 Å². The van der Waals surface area contributed by atoms with Crippen LogP contribution in [0.4, 0.5) is 8.78 Å². The van der Waals surface area contributed by atoms with Crippen molar-refractivity contribution in [1.29, 1.82) is 0 Å². The molecule has 4 aromatic rings. The standard InChI is InChI=1S/C26H20F2O2S2/c27-21-5-1-19(2-6-21)17-29-23-9-13-25(14-10-23)31-32-26-15-11-24(12-16-26)30-18-20-3-7-22(28)8-4-20/h1-16H,17-18H2. The lowest BCUT2D eigenvalue weighted by atomic mass is 10.2. The molecule has 0 N–H and O–H groups in total. The van der Waals surface area contributed by atoms with Crippen molar-refractivity contribution in [3.63, 3.8) is 0 Å². The molecule has 0 bridgehead atoms. The fourth-order valence-corrected chi connectivity index (χ4v) is 4.70. The molecule has 0 aliphatic rings. The van der Waals surface area contributed by atoms with E-state index in [2.05, 4.69) is 0 Å². The van der Waals surface area contributed by atoms with Crippen LogP contribution in [0.2, 0.25) is 0 Å². The number of rotatable bonds is 9. The Kier molecular flexibility index (Phi) is 7.69. The zero-order valence-electron chi connectivity index (χ0n) is 17.0. The summed E-state index contributed by atoms with van der Waals surface area (Å²) in [6.45, 7) is 0.800. The van der Waals surface area contributed by atoms with Crippen LogP contribution in [0.3, 0.4) is 0 Å². The molecule has 0 aromatic heterocycles. The molecule has 32 heavy (non-hydrogen) atoms. The summed E-state index contributed by atoms with van der Waals surface area (Å²) in [5.41, 5.74) is 1.84. The van der Waals surface area contributed by atoms with E-state index in [9.17, 15) is 8.78 Å². The average Bonchev–Trinajstić information content (AvgIpc) is 2.83. The van der Waals surface area contributed by atoms with Gasteiger partial charge in [0.15, 0.2) is 0 Å². The fraction of sp³-hybridized carbons (Fsp3) is 0.0769. The number of ether oxygens (including phenoxy) is 2. The van der Waals surface area contributed by atoms with Crippen molar-refractivity contribution in [3.05, 3.63) is 120 Å². The summed E-state index contributed by atoms with van der Waals surface area (Å²) in [5.74, 6) is 1.04. The molecule has 0 radical (unpaired) electrons. The molecule has 0 heterocycles. The van der Waals surface area contributed by atoms with E-state index in [0.717, 1.165) is 32.4 Å². The summed E-state index contributed by atoms with van der Waals surface area (Å²) >= 11 is 0. The molecule has 0 fully saturated rings. The Labute approximate surface area is 194 Å². The minimum atomic E-state index is -0.250. The maximum atomic E-state index is 13.0. The van der Waals surface area contributed by atoms with Gasteiger partial charge in [-0.25, -0.2) is 8.78 Å². The summed E-state index contributed by atoms with van der Waals surface area (Å²) in [7, 11) is 3.32. The van der Waals surface area contributed by atoms with Crippen molar-refractivity contribution in [2.75, 3.05) is 0 Å². The van der Waals surface area contributed by atoms with Gasteiger partial charge in [-0.1, -0.05) is 45.9 Å². The van der Waals surface area contributed by atoms with E-state index in [-0.39, 0.29) is 11.6 Å². The van der Waals surface area contributed by atoms with E-state index in [4.69, 9.17) is 9.47 Å². The van der Waals surface area contributed by atoms with Gasteiger partial charge in [0.1, 0.15) is 36.3 Å². The second-order valence-electron chi connectivity index (χ2n) is 6.94. The van der Waals surface area contributed by atoms with Gasteiger partial charge in [0.05, 0.1) is 0 Å². The Morgan fingerprint density at radius 3 is 1.16 bits per heavy atom. The summed E-state index contributed by atoms with van der Waals surface area (Å²) in [6.07, 6.45) is 0. The van der Waals surface area contributed by atoms with E-state index in [0.29, 0.717) is 13.2 Å². The van der Waals surface area contributed by atoms with Gasteiger partial charge in [0.2, 0.25) is 0 Å². The van der Waals surface area contributed by atoms with Gasteiger partial charge >= 0.3 is 0 Å². The summed E-state index contributed by atoms with van der Waals surface area (Å²) < 4.78 is 37.4. The monoisotopic (exact) mass is 466 g/mol. The zero-order valence-corrected chi connectivity index (χ0v) is 18.7. The molecule has 0 saturated heterocycles. The average molecular weight is 467 g/mol. The second kappa shape index (κ2) is 11.1. The molecule has 162 valence electrons. The molecule has 0 aliphatic heterocycles. The van der Waals surface area contributed by atoms with Crippen LogP contribution in [0, 0.1) is 11.6 Å². The van der Waals surface area contributed by atoms with Crippen LogP contribution in [0.25, 0.3) is 0 Å². The zero-order chi connectivity index (χ0) is 22.2. The molecular formula is C26H20F2O2S2. The Balaban J connectivity index is 1.22. The lowest BCUT2D eigenvalue weighted by Gasteiger charge is -2.08. The van der Waals surface area contributed by atoms with Gasteiger partial charge in [-0.05, 0) is 83.9 Å². The van der Waals surface area contributed by atoms with Gasteiger partial charge in [-0.3, -0.25) is 0 Å². The number of hydrogen-bond donors (Lipinski definition) is 0. The highest BCUT2D eigenvalue weighted by molar-refractivity contribution is 8.76. The number of hydrogen-bond acceptors (Lipinski definition) is 4. The topological polar surface area (TPSA) is 18.5 Å². The summed E-state index contributed by atoms with van der Waals surface area (Å²) in [6, 6.07) is 28.4. The third kappa shape index (κ3) is 6.77. The van der Waals surface area contributed by atoms with Crippen molar-refractivity contribution in [1.82, 2.24) is 0 Å². The first-order valence-electron chi connectivity index (χ1n) is 9.93. The van der Waals surface area contributed by atoms with E-state index >= 15 is 0 Å². The van der Waals surface area contributed by atoms with Gasteiger partial charge in [-0.2, -0.15) is 0 Å². The lowest BCUT2D eigenvalue weighted by Crippen LogP contribution is -1.95. The first-order chi connectivity index (χ1) is 15.6. The Morgan fingerprint density at radius 2 is 0.812 bits per heavy atom. The van der Waals surface area contributed by atoms with Gasteiger partial charge in [-0.15, -0.1) is 0 Å². The van der Waals surface area contributed by atoms with E-state index in [1.165, 1.54) is 24.3 Å². The first kappa shape index (κ1) is 22.2. The Morgan fingerprint density at radius 1 is 0.469 bits per heavy atom. The highest BCUT2D eigenvalue weighted by Gasteiger charge is 2.02. The maximum Gasteiger partial charge on any atom is 0.123 e. The molecule has 0 aliphatic carbocycles. The van der Waals surface area contributed by atoms with Crippen molar-refractivity contribution in [3.8, 4) is 11.5 Å². The Hall–Kier alpha value is -2.96. The van der Waals surface area contributed by atoms with Crippen LogP contribution in [0.15, 0.2) is 107 Å². The van der Waals surface area contributed by atoms with Crippen molar-refractivity contribution < 1.29 is 18.3 Å². The van der Waals surface area contributed by atoms with Crippen LogP contribution in [0.1, 0.15) is 11.1 Å². The third-order valence-electron chi connectivity index (χ3n) is 4.52. The van der Waals surface area contributed by atoms with Crippen LogP contribution in [-0.4, -0.2) is 0 Å². The van der Waals surface area contributed by atoms with E-state index in [1.807, 2.05) is 48.5 Å². The molecule has 2 nitrogen and oxygen atoms in total. The van der Waals surface area contributed by atoms with Crippen molar-refractivity contribution >= 4 is 21.6 Å². The second-order valence-corrected chi connectivity index (χ2v) is 9.22. The van der Waals surface area contributed by atoms with Gasteiger partial charge in [0, 0.05) is 9.79 Å². The highest BCUT2D eigenvalue weighted by Crippen LogP contribution is 2.38. The molecule has 0 amide bonds. The normalized spacial score (nSPS) is 10.7. The molecule has 0 saturated carbocycles. The molecule has 6 heteroatoms. The van der Waals surface area contributed by atoms with E-state index in [1.54, 1.807) is 45.9 Å². The van der Waals surface area contributed by atoms with Crippen LogP contribution >= 0.6 is 21.6 Å². The lowest BCUT2D eigenvalue weighted by molar-refractivity contribution is 0.306. The largest absolute Gasteiger partial charge is 0.489 e. The predicted molar refractivity (Wildman–Crippen MR) is 126 cm³/mol. The molecule has 4 rings (SSSR count). The van der Waals surface area contributed by atoms with Crippen LogP contribution in [0.5, 0.6) is 11.5 Å². The molecule has 0 spiro atoms. The maximum absolute atomic E-state index is 13.0. The Bertz CT molecular complexity index is 1020. The third-order valence-corrected chi connectivity index (χ3v) is 6.94. The van der Waals surface area contributed by atoms with Crippen molar-refractivity contribution in [2.24, 2.45) is 0 Å². The quantitative estimate of drug-likeness (QED) is 0.233.